The number of benzene rings is 4. The number of allylic oxidation sites excluding steroid dienone is 2. The molecule has 11 heteroatoms. The minimum absolute atomic E-state index is 0.0238. The smallest absolute Gasteiger partial charge is 0.223 e. The van der Waals surface area contributed by atoms with Gasteiger partial charge in [0.25, 0.3) is 0 Å². The summed E-state index contributed by atoms with van der Waals surface area (Å²) >= 11 is 0. The molecular formula is C37H17N5O4S2. The zero-order valence-electron chi connectivity index (χ0n) is 24.5. The van der Waals surface area contributed by atoms with E-state index < -0.39 is 19.7 Å². The molecule has 5 aromatic rings. The van der Waals surface area contributed by atoms with Crippen LogP contribution < -0.4 is 0 Å². The third-order valence-corrected chi connectivity index (χ3v) is 11.8. The maximum Gasteiger partial charge on any atom is 0.223 e. The van der Waals surface area contributed by atoms with Crippen molar-refractivity contribution in [2.45, 2.75) is 19.7 Å². The summed E-state index contributed by atoms with van der Waals surface area (Å²) in [5.74, 6) is 0. The highest BCUT2D eigenvalue weighted by Gasteiger charge is 2.35. The Morgan fingerprint density at radius 3 is 1.40 bits per heavy atom. The molecule has 9 nitrogen and oxygen atoms in total. The van der Waals surface area contributed by atoms with Gasteiger partial charge in [0.05, 0.1) is 14.7 Å². The Hall–Kier alpha value is -6.63. The average Bonchev–Trinajstić information content (AvgIpc) is 3.60. The number of rotatable bonds is 4. The lowest BCUT2D eigenvalue weighted by Gasteiger charge is -2.09. The van der Waals surface area contributed by atoms with Crippen molar-refractivity contribution in [3.05, 3.63) is 137 Å². The second-order valence-electron chi connectivity index (χ2n) is 10.8. The van der Waals surface area contributed by atoms with Crippen LogP contribution in [0.2, 0.25) is 0 Å². The molecule has 0 spiro atoms. The predicted octanol–water partition coefficient (Wildman–Crippen LogP) is 6.41. The Kier molecular flexibility index (Phi) is 6.90. The molecule has 0 radical (unpaired) electrons. The molecule has 0 fully saturated rings. The number of sulfone groups is 2. The van der Waals surface area contributed by atoms with Crippen LogP contribution in [0.3, 0.4) is 0 Å². The molecule has 0 amide bonds. The van der Waals surface area contributed by atoms with Crippen LogP contribution in [-0.2, 0) is 19.7 Å². The zero-order valence-corrected chi connectivity index (χ0v) is 26.1. The monoisotopic (exact) mass is 659 g/mol. The molecule has 0 bridgehead atoms. The van der Waals surface area contributed by atoms with E-state index in [1.165, 1.54) is 48.7 Å². The predicted molar refractivity (Wildman–Crippen MR) is 173 cm³/mol. The quantitative estimate of drug-likeness (QED) is 0.193. The lowest BCUT2D eigenvalue weighted by Crippen LogP contribution is -2.04. The SMILES string of the molecule is N#CC(C#N)=C1c2cc(S(=O)(=O)c3ccccc3)ccc2-c2cc3c(cc21)C(=C(C#N)C#N)c1cc(S(=O)(=O)c2ccccn2)ccc1-3. The van der Waals surface area contributed by atoms with Gasteiger partial charge in [-0.15, -0.1) is 0 Å². The van der Waals surface area contributed by atoms with Gasteiger partial charge in [0.1, 0.15) is 35.4 Å². The Labute approximate surface area is 275 Å². The second-order valence-corrected chi connectivity index (χ2v) is 14.6. The highest BCUT2D eigenvalue weighted by molar-refractivity contribution is 7.91. The molecule has 0 saturated carbocycles. The number of nitrogens with zero attached hydrogens (tertiary/aromatic N) is 5. The summed E-state index contributed by atoms with van der Waals surface area (Å²) in [4.78, 5) is 3.97. The Bertz CT molecular complexity index is 2510. The van der Waals surface area contributed by atoms with Crippen LogP contribution in [0.25, 0.3) is 33.4 Å². The van der Waals surface area contributed by atoms with Crippen LogP contribution >= 0.6 is 0 Å². The number of aromatic nitrogens is 1. The maximum absolute atomic E-state index is 13.5. The van der Waals surface area contributed by atoms with Crippen molar-refractivity contribution in [3.63, 3.8) is 0 Å². The van der Waals surface area contributed by atoms with Crippen molar-refractivity contribution in [2.75, 3.05) is 0 Å². The van der Waals surface area contributed by atoms with Crippen molar-refractivity contribution in [3.8, 4) is 46.5 Å². The minimum Gasteiger partial charge on any atom is -0.244 e. The van der Waals surface area contributed by atoms with Gasteiger partial charge in [-0.25, -0.2) is 21.8 Å². The summed E-state index contributed by atoms with van der Waals surface area (Å²) in [6.45, 7) is 0. The molecule has 7 rings (SSSR count). The van der Waals surface area contributed by atoms with Gasteiger partial charge in [-0.05, 0) is 105 Å². The van der Waals surface area contributed by atoms with Crippen molar-refractivity contribution in [2.24, 2.45) is 0 Å². The van der Waals surface area contributed by atoms with Gasteiger partial charge in [-0.3, -0.25) is 0 Å². The molecule has 4 aromatic carbocycles. The first-order valence-electron chi connectivity index (χ1n) is 14.2. The molecule has 0 atom stereocenters. The molecule has 0 N–H and O–H groups in total. The summed E-state index contributed by atoms with van der Waals surface area (Å²) < 4.78 is 54.0. The number of nitriles is 4. The van der Waals surface area contributed by atoms with Gasteiger partial charge in [-0.1, -0.05) is 36.4 Å². The van der Waals surface area contributed by atoms with Gasteiger partial charge in [0, 0.05) is 17.3 Å². The van der Waals surface area contributed by atoms with E-state index in [1.54, 1.807) is 54.6 Å². The summed E-state index contributed by atoms with van der Waals surface area (Å²) in [5, 5.41) is 39.8. The van der Waals surface area contributed by atoms with Crippen molar-refractivity contribution in [1.82, 2.24) is 4.98 Å². The lowest BCUT2D eigenvalue weighted by molar-refractivity contribution is 0.591. The van der Waals surface area contributed by atoms with Gasteiger partial charge in [0.2, 0.25) is 19.7 Å². The van der Waals surface area contributed by atoms with Crippen LogP contribution in [0.1, 0.15) is 22.3 Å². The van der Waals surface area contributed by atoms with Crippen molar-refractivity contribution in [1.29, 1.82) is 21.0 Å². The third-order valence-electron chi connectivity index (χ3n) is 8.33. The summed E-state index contributed by atoms with van der Waals surface area (Å²) in [6.07, 6.45) is 1.37. The van der Waals surface area contributed by atoms with Crippen LogP contribution in [0.15, 0.2) is 134 Å². The molecule has 2 aliphatic rings. The molecule has 48 heavy (non-hydrogen) atoms. The standard InChI is InChI=1S/C37H17N5O4S2/c38-18-22(19-39)36-31-14-25(47(43,44)24-6-2-1-3-7-24)9-11-27(31)29-16-30-28-12-10-26(48(45,46)35-8-4-5-13-42-35)15-32(28)37(23(20-40)21-41)34(30)17-33(29)36/h1-17H. The minimum atomic E-state index is -4.05. The summed E-state index contributed by atoms with van der Waals surface area (Å²) in [5.41, 5.74) is 3.78. The fraction of sp³-hybridized carbons (Fsp3) is 0. The largest absolute Gasteiger partial charge is 0.244 e. The fourth-order valence-corrected chi connectivity index (χ4v) is 8.72. The van der Waals surface area contributed by atoms with Crippen LogP contribution in [-0.4, -0.2) is 21.8 Å². The fourth-order valence-electron chi connectivity index (χ4n) is 6.19. The van der Waals surface area contributed by atoms with E-state index in [4.69, 9.17) is 0 Å². The van der Waals surface area contributed by atoms with E-state index in [-0.39, 0.29) is 42.0 Å². The highest BCUT2D eigenvalue weighted by atomic mass is 32.2. The zero-order chi connectivity index (χ0) is 33.8. The number of hydrogen-bond acceptors (Lipinski definition) is 9. The normalized spacial score (nSPS) is 12.3. The van der Waals surface area contributed by atoms with Gasteiger partial charge in [0.15, 0.2) is 5.03 Å². The van der Waals surface area contributed by atoms with E-state index in [0.29, 0.717) is 44.5 Å². The number of pyridine rings is 1. The number of hydrogen-bond donors (Lipinski definition) is 0. The van der Waals surface area contributed by atoms with Gasteiger partial charge >= 0.3 is 0 Å². The third kappa shape index (κ3) is 4.35. The first-order valence-corrected chi connectivity index (χ1v) is 17.2. The molecule has 226 valence electrons. The van der Waals surface area contributed by atoms with E-state index in [9.17, 15) is 37.9 Å². The Morgan fingerprint density at radius 1 is 0.458 bits per heavy atom. The Balaban J connectivity index is 1.48. The van der Waals surface area contributed by atoms with Crippen molar-refractivity contribution < 1.29 is 16.8 Å². The van der Waals surface area contributed by atoms with E-state index in [0.717, 1.165) is 0 Å². The van der Waals surface area contributed by atoms with E-state index in [2.05, 4.69) is 4.98 Å². The molecule has 1 heterocycles. The Morgan fingerprint density at radius 2 is 0.917 bits per heavy atom. The molecule has 0 aliphatic heterocycles. The van der Waals surface area contributed by atoms with Crippen molar-refractivity contribution >= 4 is 30.8 Å². The molecular weight excluding hydrogens is 643 g/mol. The maximum atomic E-state index is 13.5. The molecule has 0 unspecified atom stereocenters. The molecule has 1 aromatic heterocycles. The lowest BCUT2D eigenvalue weighted by atomic mass is 9.93. The van der Waals surface area contributed by atoms with Crippen LogP contribution in [0.4, 0.5) is 0 Å². The number of fused-ring (bicyclic) bond motifs is 6. The topological polar surface area (TPSA) is 176 Å². The first kappa shape index (κ1) is 30.0. The second kappa shape index (κ2) is 11.0. The van der Waals surface area contributed by atoms with Gasteiger partial charge in [-0.2, -0.15) is 21.0 Å². The molecule has 2 aliphatic carbocycles. The average molecular weight is 660 g/mol. The van der Waals surface area contributed by atoms with Gasteiger partial charge < -0.3 is 0 Å². The molecule has 0 saturated heterocycles. The summed E-state index contributed by atoms with van der Waals surface area (Å²) in [6, 6.07) is 32.6. The van der Waals surface area contributed by atoms with Crippen LogP contribution in [0.5, 0.6) is 0 Å². The highest BCUT2D eigenvalue weighted by Crippen LogP contribution is 2.54. The van der Waals surface area contributed by atoms with E-state index >= 15 is 0 Å². The summed E-state index contributed by atoms with van der Waals surface area (Å²) in [7, 11) is -8.00. The van der Waals surface area contributed by atoms with Crippen LogP contribution in [0, 0.1) is 45.3 Å². The van der Waals surface area contributed by atoms with E-state index in [1.807, 2.05) is 24.3 Å². The first-order chi connectivity index (χ1) is 23.1.